The molecule has 0 fully saturated rings. The van der Waals surface area contributed by atoms with E-state index in [1.807, 2.05) is 0 Å². The number of nitrogens with two attached hydrogens (primary N) is 1. The first kappa shape index (κ1) is 16.6. The average molecular weight is 355 g/mol. The number of anilines is 1. The number of furan rings is 1. The van der Waals surface area contributed by atoms with Gasteiger partial charge in [0.15, 0.2) is 5.75 Å². The first-order valence-electron chi connectivity index (χ1n) is 6.92. The smallest absolute Gasteiger partial charge is 0.420 e. The molecular formula is C14H12F3N5O3. The van der Waals surface area contributed by atoms with Crippen LogP contribution in [0.25, 0.3) is 5.69 Å². The van der Waals surface area contributed by atoms with Gasteiger partial charge in [0.2, 0.25) is 0 Å². The van der Waals surface area contributed by atoms with Gasteiger partial charge in [0.05, 0.1) is 11.3 Å². The lowest BCUT2D eigenvalue weighted by molar-refractivity contribution is -0.139. The third kappa shape index (κ3) is 3.20. The molecule has 25 heavy (non-hydrogen) atoms. The van der Waals surface area contributed by atoms with E-state index < -0.39 is 23.2 Å². The minimum Gasteiger partial charge on any atom is -0.483 e. The SMILES string of the molecule is Cn1nnn(-c2cccc(C(F)(F)F)c2OCc2cc(N)co2)c1=O. The zero-order chi connectivity index (χ0) is 18.2. The normalized spacial score (nSPS) is 11.7. The number of tetrazole rings is 1. The zero-order valence-electron chi connectivity index (χ0n) is 12.8. The Balaban J connectivity index is 2.08. The van der Waals surface area contributed by atoms with Crippen molar-refractivity contribution in [2.24, 2.45) is 7.05 Å². The Morgan fingerprint density at radius 2 is 2.08 bits per heavy atom. The van der Waals surface area contributed by atoms with Crippen LogP contribution in [0.5, 0.6) is 5.75 Å². The second kappa shape index (κ2) is 6.00. The van der Waals surface area contributed by atoms with Crippen LogP contribution in [0.2, 0.25) is 0 Å². The molecule has 0 aliphatic carbocycles. The molecule has 0 aliphatic rings. The minimum atomic E-state index is -4.70. The number of rotatable bonds is 4. The Hall–Kier alpha value is -3.24. The molecule has 0 bridgehead atoms. The Morgan fingerprint density at radius 3 is 2.64 bits per heavy atom. The van der Waals surface area contributed by atoms with Crippen LogP contribution in [0, 0.1) is 0 Å². The number of ether oxygens (including phenoxy) is 1. The topological polar surface area (TPSA) is 101 Å². The monoisotopic (exact) mass is 355 g/mol. The molecule has 2 N–H and O–H groups in total. The maximum absolute atomic E-state index is 13.3. The fraction of sp³-hybridized carbons (Fsp3) is 0.214. The summed E-state index contributed by atoms with van der Waals surface area (Å²) in [6.07, 6.45) is -3.46. The second-order valence-electron chi connectivity index (χ2n) is 5.08. The van der Waals surface area contributed by atoms with E-state index in [4.69, 9.17) is 14.9 Å². The molecule has 0 saturated heterocycles. The molecule has 11 heteroatoms. The summed E-state index contributed by atoms with van der Waals surface area (Å²) in [6.45, 7) is -0.313. The number of aryl methyl sites for hydroxylation is 1. The van der Waals surface area contributed by atoms with E-state index in [1.165, 1.54) is 25.4 Å². The van der Waals surface area contributed by atoms with Gasteiger partial charge in [0, 0.05) is 13.1 Å². The number of nitrogen functional groups attached to an aromatic ring is 1. The maximum atomic E-state index is 13.3. The number of hydrogen-bond donors (Lipinski definition) is 1. The first-order valence-corrected chi connectivity index (χ1v) is 6.92. The highest BCUT2D eigenvalue weighted by molar-refractivity contribution is 5.52. The Kier molecular flexibility index (Phi) is 3.99. The lowest BCUT2D eigenvalue weighted by atomic mass is 10.1. The fourth-order valence-corrected chi connectivity index (χ4v) is 2.15. The van der Waals surface area contributed by atoms with Crippen LogP contribution in [0.15, 0.2) is 39.7 Å². The minimum absolute atomic E-state index is 0.188. The van der Waals surface area contributed by atoms with E-state index in [0.717, 1.165) is 21.5 Å². The molecular weight excluding hydrogens is 343 g/mol. The molecule has 132 valence electrons. The Labute approximate surface area is 138 Å². The summed E-state index contributed by atoms with van der Waals surface area (Å²) < 4.78 is 52.0. The van der Waals surface area contributed by atoms with Crippen LogP contribution in [-0.4, -0.2) is 19.8 Å². The van der Waals surface area contributed by atoms with Gasteiger partial charge < -0.3 is 14.9 Å². The van der Waals surface area contributed by atoms with Crippen LogP contribution in [-0.2, 0) is 19.8 Å². The quantitative estimate of drug-likeness (QED) is 0.765. The summed E-state index contributed by atoms with van der Waals surface area (Å²) in [5, 5.41) is 7.05. The van der Waals surface area contributed by atoms with Gasteiger partial charge in [-0.15, -0.1) is 0 Å². The van der Waals surface area contributed by atoms with Crippen LogP contribution in [0.1, 0.15) is 11.3 Å². The van der Waals surface area contributed by atoms with E-state index in [0.29, 0.717) is 5.69 Å². The highest BCUT2D eigenvalue weighted by atomic mass is 19.4. The van der Waals surface area contributed by atoms with Crippen molar-refractivity contribution < 1.29 is 22.3 Å². The van der Waals surface area contributed by atoms with Crippen molar-refractivity contribution in [1.29, 1.82) is 0 Å². The summed E-state index contributed by atoms with van der Waals surface area (Å²) in [7, 11) is 1.32. The zero-order valence-corrected chi connectivity index (χ0v) is 12.8. The maximum Gasteiger partial charge on any atom is 0.420 e. The number of halogens is 3. The summed E-state index contributed by atoms with van der Waals surface area (Å²) in [4.78, 5) is 12.0. The van der Waals surface area contributed by atoms with Crippen molar-refractivity contribution in [3.8, 4) is 11.4 Å². The molecule has 1 aromatic carbocycles. The number of hydrogen-bond acceptors (Lipinski definition) is 6. The van der Waals surface area contributed by atoms with E-state index in [9.17, 15) is 18.0 Å². The number of nitrogens with zero attached hydrogens (tertiary/aromatic N) is 4. The predicted molar refractivity (Wildman–Crippen MR) is 79.1 cm³/mol. The molecule has 8 nitrogen and oxygen atoms in total. The van der Waals surface area contributed by atoms with Crippen LogP contribution >= 0.6 is 0 Å². The van der Waals surface area contributed by atoms with Crippen molar-refractivity contribution >= 4 is 5.69 Å². The number of benzene rings is 1. The summed E-state index contributed by atoms with van der Waals surface area (Å²) in [6, 6.07) is 4.69. The van der Waals surface area contributed by atoms with Gasteiger partial charge in [-0.25, -0.2) is 4.79 Å². The van der Waals surface area contributed by atoms with Crippen LogP contribution in [0.3, 0.4) is 0 Å². The molecule has 3 aromatic rings. The molecule has 0 radical (unpaired) electrons. The van der Waals surface area contributed by atoms with Gasteiger partial charge >= 0.3 is 11.9 Å². The van der Waals surface area contributed by atoms with Crippen LogP contribution in [0.4, 0.5) is 18.9 Å². The highest BCUT2D eigenvalue weighted by Gasteiger charge is 2.36. The van der Waals surface area contributed by atoms with Crippen LogP contribution < -0.4 is 16.2 Å². The van der Waals surface area contributed by atoms with E-state index in [1.54, 1.807) is 0 Å². The largest absolute Gasteiger partial charge is 0.483 e. The van der Waals surface area contributed by atoms with Gasteiger partial charge in [0.1, 0.15) is 24.3 Å². The van der Waals surface area contributed by atoms with Crippen molar-refractivity contribution in [3.63, 3.8) is 0 Å². The molecule has 0 spiro atoms. The van der Waals surface area contributed by atoms with Gasteiger partial charge in [-0.3, -0.25) is 0 Å². The molecule has 0 saturated carbocycles. The first-order chi connectivity index (χ1) is 11.8. The predicted octanol–water partition coefficient (Wildman–Crippen LogP) is 1.74. The Bertz CT molecular complexity index is 957. The average Bonchev–Trinajstić information content (AvgIpc) is 3.11. The lowest BCUT2D eigenvalue weighted by Gasteiger charge is -2.16. The number of alkyl halides is 3. The van der Waals surface area contributed by atoms with Gasteiger partial charge in [-0.05, 0) is 22.6 Å². The third-order valence-electron chi connectivity index (χ3n) is 3.28. The third-order valence-corrected chi connectivity index (χ3v) is 3.28. The standard InChI is InChI=1S/C14H12F3N5O3/c1-21-13(23)22(20-19-21)11-4-2-3-10(14(15,16)17)12(11)25-7-9-5-8(18)6-24-9/h2-6H,7,18H2,1H3. The molecule has 0 unspecified atom stereocenters. The van der Waals surface area contributed by atoms with Crippen molar-refractivity contribution in [2.75, 3.05) is 5.73 Å². The van der Waals surface area contributed by atoms with Crippen molar-refractivity contribution in [2.45, 2.75) is 12.8 Å². The van der Waals surface area contributed by atoms with Gasteiger partial charge in [0.25, 0.3) is 0 Å². The van der Waals surface area contributed by atoms with E-state index in [-0.39, 0.29) is 18.1 Å². The molecule has 0 amide bonds. The number of aromatic nitrogens is 4. The number of para-hydroxylation sites is 1. The second-order valence-corrected chi connectivity index (χ2v) is 5.08. The molecule has 2 heterocycles. The Morgan fingerprint density at radius 1 is 1.32 bits per heavy atom. The molecule has 0 atom stereocenters. The van der Waals surface area contributed by atoms with E-state index in [2.05, 4.69) is 10.4 Å². The van der Waals surface area contributed by atoms with Gasteiger partial charge in [-0.1, -0.05) is 6.07 Å². The fourth-order valence-electron chi connectivity index (χ4n) is 2.15. The summed E-state index contributed by atoms with van der Waals surface area (Å²) >= 11 is 0. The lowest BCUT2D eigenvalue weighted by Crippen LogP contribution is -2.23. The van der Waals surface area contributed by atoms with Crippen molar-refractivity contribution in [1.82, 2.24) is 19.8 Å². The van der Waals surface area contributed by atoms with Gasteiger partial charge in [-0.2, -0.15) is 22.5 Å². The molecule has 3 rings (SSSR count). The van der Waals surface area contributed by atoms with Crippen molar-refractivity contribution in [3.05, 3.63) is 52.3 Å². The summed E-state index contributed by atoms with van der Waals surface area (Å²) in [5.74, 6) is -0.334. The summed E-state index contributed by atoms with van der Waals surface area (Å²) in [5.41, 5.74) is 3.85. The van der Waals surface area contributed by atoms with E-state index >= 15 is 0 Å². The molecule has 2 aromatic heterocycles. The highest BCUT2D eigenvalue weighted by Crippen LogP contribution is 2.39. The molecule has 0 aliphatic heterocycles.